The second kappa shape index (κ2) is 5.96. The summed E-state index contributed by atoms with van der Waals surface area (Å²) in [6.45, 7) is 3.34. The number of Topliss-reactive ketones (excluding diaryl/α,β-unsaturated/α-hetero) is 1. The number of ketones is 1. The molecule has 0 aromatic rings. The lowest BCUT2D eigenvalue weighted by molar-refractivity contribution is -0.130. The van der Waals surface area contributed by atoms with Crippen LogP contribution in [0.25, 0.3) is 0 Å². The number of piperidine rings is 1. The molecule has 98 valence electrons. The van der Waals surface area contributed by atoms with E-state index in [9.17, 15) is 4.79 Å². The summed E-state index contributed by atoms with van der Waals surface area (Å²) in [5.41, 5.74) is 0. The van der Waals surface area contributed by atoms with Crippen LogP contribution in [-0.4, -0.2) is 55.4 Å². The van der Waals surface area contributed by atoms with Gasteiger partial charge in [-0.15, -0.1) is 0 Å². The molecule has 2 aliphatic rings. The minimum Gasteiger partial charge on any atom is -0.309 e. The molecule has 2 atom stereocenters. The lowest BCUT2D eigenvalue weighted by Crippen LogP contribution is -2.51. The highest BCUT2D eigenvalue weighted by atomic mass is 16.1. The molecule has 3 heteroatoms. The topological polar surface area (TPSA) is 23.6 Å². The molecule has 0 aromatic heterocycles. The number of hydrogen-bond donors (Lipinski definition) is 0. The van der Waals surface area contributed by atoms with Crippen molar-refractivity contribution >= 4 is 5.78 Å². The van der Waals surface area contributed by atoms with Crippen LogP contribution in [0.1, 0.15) is 38.5 Å². The van der Waals surface area contributed by atoms with Crippen LogP contribution in [0.4, 0.5) is 0 Å². The highest BCUT2D eigenvalue weighted by Crippen LogP contribution is 2.33. The third-order valence-corrected chi connectivity index (χ3v) is 4.31. The predicted molar refractivity (Wildman–Crippen MR) is 70.1 cm³/mol. The average molecular weight is 238 g/mol. The van der Waals surface area contributed by atoms with Gasteiger partial charge in [0.15, 0.2) is 0 Å². The van der Waals surface area contributed by atoms with Crippen molar-refractivity contribution in [3.63, 3.8) is 0 Å². The minimum absolute atomic E-state index is 0.372. The maximum absolute atomic E-state index is 11.9. The normalized spacial score (nSPS) is 30.6. The molecule has 17 heavy (non-hydrogen) atoms. The van der Waals surface area contributed by atoms with E-state index in [2.05, 4.69) is 23.9 Å². The molecule has 1 aliphatic carbocycles. The molecule has 0 N–H and O–H groups in total. The van der Waals surface area contributed by atoms with Crippen LogP contribution in [0.2, 0.25) is 0 Å². The molecule has 0 bridgehead atoms. The van der Waals surface area contributed by atoms with Crippen molar-refractivity contribution in [3.05, 3.63) is 0 Å². The Kier molecular flexibility index (Phi) is 4.57. The van der Waals surface area contributed by atoms with Crippen LogP contribution in [-0.2, 0) is 4.79 Å². The number of likely N-dealkylation sites (tertiary alicyclic amines) is 1. The van der Waals surface area contributed by atoms with E-state index >= 15 is 0 Å². The molecule has 0 aromatic carbocycles. The van der Waals surface area contributed by atoms with Crippen molar-refractivity contribution in [1.82, 2.24) is 9.80 Å². The largest absolute Gasteiger partial charge is 0.309 e. The maximum atomic E-state index is 11.9. The number of rotatable bonds is 4. The van der Waals surface area contributed by atoms with Gasteiger partial charge in [-0.05, 0) is 46.4 Å². The Morgan fingerprint density at radius 1 is 1.29 bits per heavy atom. The lowest BCUT2D eigenvalue weighted by Gasteiger charge is -2.43. The van der Waals surface area contributed by atoms with Gasteiger partial charge in [-0.3, -0.25) is 9.69 Å². The third-order valence-electron chi connectivity index (χ3n) is 4.31. The van der Waals surface area contributed by atoms with E-state index in [0.717, 1.165) is 25.9 Å². The first-order valence-corrected chi connectivity index (χ1v) is 7.10. The quantitative estimate of drug-likeness (QED) is 0.746. The van der Waals surface area contributed by atoms with Gasteiger partial charge in [0, 0.05) is 24.9 Å². The average Bonchev–Trinajstić information content (AvgIpc) is 2.32. The summed E-state index contributed by atoms with van der Waals surface area (Å²) in [6.07, 6.45) is 7.00. The molecular weight excluding hydrogens is 212 g/mol. The Morgan fingerprint density at radius 2 is 2.06 bits per heavy atom. The molecule has 0 spiro atoms. The summed E-state index contributed by atoms with van der Waals surface area (Å²) in [7, 11) is 4.26. The molecule has 0 radical (unpaired) electrons. The van der Waals surface area contributed by atoms with E-state index in [-0.39, 0.29) is 0 Å². The molecule has 2 fully saturated rings. The first-order chi connectivity index (χ1) is 8.18. The van der Waals surface area contributed by atoms with Crippen molar-refractivity contribution in [2.75, 3.05) is 33.7 Å². The van der Waals surface area contributed by atoms with E-state index in [1.165, 1.54) is 32.2 Å². The second-order valence-corrected chi connectivity index (χ2v) is 5.87. The Hall–Kier alpha value is -0.410. The third kappa shape index (κ3) is 3.29. The smallest absolute Gasteiger partial charge is 0.138 e. The number of fused-ring (bicyclic) bond motifs is 1. The Labute approximate surface area is 105 Å². The van der Waals surface area contributed by atoms with Gasteiger partial charge in [0.1, 0.15) is 5.78 Å². The Morgan fingerprint density at radius 3 is 2.82 bits per heavy atom. The van der Waals surface area contributed by atoms with E-state index in [4.69, 9.17) is 0 Å². The second-order valence-electron chi connectivity index (χ2n) is 5.87. The zero-order valence-electron chi connectivity index (χ0n) is 11.3. The first-order valence-electron chi connectivity index (χ1n) is 7.10. The Bertz CT molecular complexity index is 265. The maximum Gasteiger partial charge on any atom is 0.138 e. The van der Waals surface area contributed by atoms with E-state index < -0.39 is 0 Å². The van der Waals surface area contributed by atoms with Crippen molar-refractivity contribution in [1.29, 1.82) is 0 Å². The summed E-state index contributed by atoms with van der Waals surface area (Å²) < 4.78 is 0. The van der Waals surface area contributed by atoms with Crippen LogP contribution in [0.3, 0.4) is 0 Å². The van der Waals surface area contributed by atoms with Gasteiger partial charge in [0.25, 0.3) is 0 Å². The molecule has 1 aliphatic heterocycles. The number of carbonyl (C=O) groups excluding carboxylic acids is 1. The number of hydrogen-bond acceptors (Lipinski definition) is 3. The summed E-state index contributed by atoms with van der Waals surface area (Å²) in [4.78, 5) is 16.8. The molecule has 2 rings (SSSR count). The summed E-state index contributed by atoms with van der Waals surface area (Å²) in [6, 6.07) is 0.576. The van der Waals surface area contributed by atoms with Crippen LogP contribution in [0.5, 0.6) is 0 Å². The summed E-state index contributed by atoms with van der Waals surface area (Å²) in [5.74, 6) is 0.912. The zero-order chi connectivity index (χ0) is 12.3. The highest BCUT2D eigenvalue weighted by molar-refractivity contribution is 5.82. The standard InChI is InChI=1S/C14H26N2O/c1-15(2)9-5-10-16-11-8-14(17)12-6-3-4-7-13(12)16/h12-13H,3-11H2,1-2H3/t12-,13-/m1/s1. The minimum atomic E-state index is 0.372. The van der Waals surface area contributed by atoms with Gasteiger partial charge in [-0.1, -0.05) is 12.8 Å². The van der Waals surface area contributed by atoms with Gasteiger partial charge < -0.3 is 4.90 Å². The van der Waals surface area contributed by atoms with Crippen LogP contribution in [0.15, 0.2) is 0 Å². The van der Waals surface area contributed by atoms with Crippen molar-refractivity contribution in [3.8, 4) is 0 Å². The van der Waals surface area contributed by atoms with Crippen molar-refractivity contribution < 1.29 is 4.79 Å². The summed E-state index contributed by atoms with van der Waals surface area (Å²) >= 11 is 0. The van der Waals surface area contributed by atoms with E-state index in [1.807, 2.05) is 0 Å². The highest BCUT2D eigenvalue weighted by Gasteiger charge is 2.37. The molecule has 0 unspecified atom stereocenters. The van der Waals surface area contributed by atoms with Gasteiger partial charge in [0.05, 0.1) is 0 Å². The Balaban J connectivity index is 1.86. The monoisotopic (exact) mass is 238 g/mol. The first kappa shape index (κ1) is 13.0. The molecular formula is C14H26N2O. The van der Waals surface area contributed by atoms with Crippen LogP contribution >= 0.6 is 0 Å². The number of nitrogens with zero attached hydrogens (tertiary/aromatic N) is 2. The number of carbonyl (C=O) groups is 1. The molecule has 0 amide bonds. The molecule has 3 nitrogen and oxygen atoms in total. The van der Waals surface area contributed by atoms with Crippen molar-refractivity contribution in [2.45, 2.75) is 44.6 Å². The predicted octanol–water partition coefficient (Wildman–Crippen LogP) is 1.77. The lowest BCUT2D eigenvalue weighted by atomic mass is 9.77. The van der Waals surface area contributed by atoms with Gasteiger partial charge >= 0.3 is 0 Å². The van der Waals surface area contributed by atoms with E-state index in [1.54, 1.807) is 0 Å². The van der Waals surface area contributed by atoms with Gasteiger partial charge in [-0.2, -0.15) is 0 Å². The van der Waals surface area contributed by atoms with Crippen LogP contribution < -0.4 is 0 Å². The van der Waals surface area contributed by atoms with E-state index in [0.29, 0.717) is 17.7 Å². The van der Waals surface area contributed by atoms with Gasteiger partial charge in [0.2, 0.25) is 0 Å². The molecule has 1 saturated carbocycles. The van der Waals surface area contributed by atoms with Crippen LogP contribution in [0, 0.1) is 5.92 Å². The zero-order valence-corrected chi connectivity index (χ0v) is 11.3. The van der Waals surface area contributed by atoms with Gasteiger partial charge in [-0.25, -0.2) is 0 Å². The fourth-order valence-corrected chi connectivity index (χ4v) is 3.40. The fourth-order valence-electron chi connectivity index (χ4n) is 3.40. The SMILES string of the molecule is CN(C)CCCN1CCC(=O)[C@@H]2CCCC[C@H]21. The summed E-state index contributed by atoms with van der Waals surface area (Å²) in [5, 5.41) is 0. The molecule has 1 heterocycles. The van der Waals surface area contributed by atoms with Crippen molar-refractivity contribution in [2.24, 2.45) is 5.92 Å². The molecule has 1 saturated heterocycles. The fraction of sp³-hybridized carbons (Fsp3) is 0.929.